The van der Waals surface area contributed by atoms with Gasteiger partial charge in [0, 0.05) is 18.1 Å². The van der Waals surface area contributed by atoms with Crippen molar-refractivity contribution in [2.75, 3.05) is 18.5 Å². The molecule has 2 aromatic carbocycles. The molecule has 0 aliphatic rings. The summed E-state index contributed by atoms with van der Waals surface area (Å²) in [6.45, 7) is 0.774. The standard InChI is InChI=1S/C16H17BrF2N2/c1-21(10-12-4-2-3-5-13(12)17)16-14(18)8-11(6-7-20)9-15(16)19/h2-5,8-9H,6-7,10,20H2,1H3. The third-order valence-corrected chi connectivity index (χ3v) is 4.03. The quantitative estimate of drug-likeness (QED) is 0.883. The molecule has 112 valence electrons. The van der Waals surface area contributed by atoms with Gasteiger partial charge in [0.15, 0.2) is 0 Å². The van der Waals surface area contributed by atoms with E-state index in [1.54, 1.807) is 11.9 Å². The Kier molecular flexibility index (Phi) is 5.31. The van der Waals surface area contributed by atoms with Crippen LogP contribution in [0.15, 0.2) is 40.9 Å². The maximum atomic E-state index is 14.2. The van der Waals surface area contributed by atoms with Crippen molar-refractivity contribution in [2.45, 2.75) is 13.0 Å². The van der Waals surface area contributed by atoms with Crippen LogP contribution in [-0.2, 0) is 13.0 Å². The van der Waals surface area contributed by atoms with Gasteiger partial charge >= 0.3 is 0 Å². The first-order valence-corrected chi connectivity index (χ1v) is 7.44. The summed E-state index contributed by atoms with van der Waals surface area (Å²) >= 11 is 3.44. The largest absolute Gasteiger partial charge is 0.365 e. The minimum Gasteiger partial charge on any atom is -0.365 e. The Labute approximate surface area is 131 Å². The maximum absolute atomic E-state index is 14.2. The van der Waals surface area contributed by atoms with Crippen molar-refractivity contribution in [1.82, 2.24) is 0 Å². The molecular formula is C16H17BrF2N2. The summed E-state index contributed by atoms with van der Waals surface area (Å²) in [6, 6.07) is 10.3. The average molecular weight is 355 g/mol. The summed E-state index contributed by atoms with van der Waals surface area (Å²) in [5.41, 5.74) is 6.93. The highest BCUT2D eigenvalue weighted by atomic mass is 79.9. The number of benzene rings is 2. The molecule has 0 radical (unpaired) electrons. The number of halogens is 3. The maximum Gasteiger partial charge on any atom is 0.149 e. The molecule has 21 heavy (non-hydrogen) atoms. The van der Waals surface area contributed by atoms with Crippen LogP contribution in [-0.4, -0.2) is 13.6 Å². The van der Waals surface area contributed by atoms with Gasteiger partial charge in [-0.05, 0) is 42.3 Å². The Morgan fingerprint density at radius 2 is 1.76 bits per heavy atom. The smallest absolute Gasteiger partial charge is 0.149 e. The predicted octanol–water partition coefficient (Wildman–Crippen LogP) is 3.86. The van der Waals surface area contributed by atoms with Gasteiger partial charge in [-0.2, -0.15) is 0 Å². The van der Waals surface area contributed by atoms with Crippen molar-refractivity contribution in [3.05, 3.63) is 63.6 Å². The van der Waals surface area contributed by atoms with Crippen molar-refractivity contribution in [1.29, 1.82) is 0 Å². The predicted molar refractivity (Wildman–Crippen MR) is 85.4 cm³/mol. The molecule has 2 rings (SSSR count). The van der Waals surface area contributed by atoms with Crippen LogP contribution >= 0.6 is 15.9 Å². The lowest BCUT2D eigenvalue weighted by Crippen LogP contribution is -2.20. The first kappa shape index (κ1) is 15.9. The van der Waals surface area contributed by atoms with Crippen molar-refractivity contribution in [2.24, 2.45) is 5.73 Å². The molecular weight excluding hydrogens is 338 g/mol. The van der Waals surface area contributed by atoms with Crippen molar-refractivity contribution < 1.29 is 8.78 Å². The molecule has 0 unspecified atom stereocenters. The average Bonchev–Trinajstić information content (AvgIpc) is 2.41. The molecule has 0 saturated heterocycles. The first-order chi connectivity index (χ1) is 10.0. The summed E-state index contributed by atoms with van der Waals surface area (Å²) < 4.78 is 29.2. The van der Waals surface area contributed by atoms with Crippen LogP contribution in [0.3, 0.4) is 0 Å². The van der Waals surface area contributed by atoms with Gasteiger partial charge in [-0.1, -0.05) is 34.1 Å². The molecule has 0 bridgehead atoms. The fraction of sp³-hybridized carbons (Fsp3) is 0.250. The highest BCUT2D eigenvalue weighted by molar-refractivity contribution is 9.10. The third-order valence-electron chi connectivity index (χ3n) is 3.26. The zero-order valence-corrected chi connectivity index (χ0v) is 13.3. The highest BCUT2D eigenvalue weighted by Gasteiger charge is 2.16. The highest BCUT2D eigenvalue weighted by Crippen LogP contribution is 2.27. The summed E-state index contributed by atoms with van der Waals surface area (Å²) in [4.78, 5) is 1.57. The lowest BCUT2D eigenvalue weighted by Gasteiger charge is -2.22. The first-order valence-electron chi connectivity index (χ1n) is 6.65. The van der Waals surface area contributed by atoms with Crippen molar-refractivity contribution in [3.8, 4) is 0 Å². The zero-order chi connectivity index (χ0) is 15.4. The van der Waals surface area contributed by atoms with E-state index < -0.39 is 11.6 Å². The zero-order valence-electron chi connectivity index (χ0n) is 11.7. The molecule has 2 nitrogen and oxygen atoms in total. The van der Waals surface area contributed by atoms with Gasteiger partial charge in [0.05, 0.1) is 0 Å². The van der Waals surface area contributed by atoms with Gasteiger partial charge in [0.25, 0.3) is 0 Å². The van der Waals surface area contributed by atoms with E-state index in [0.29, 0.717) is 25.1 Å². The van der Waals surface area contributed by atoms with E-state index in [1.807, 2.05) is 24.3 Å². The molecule has 0 fully saturated rings. The lowest BCUT2D eigenvalue weighted by molar-refractivity contribution is 0.573. The van der Waals surface area contributed by atoms with Crippen LogP contribution in [0, 0.1) is 11.6 Å². The van der Waals surface area contributed by atoms with Gasteiger partial charge in [-0.15, -0.1) is 0 Å². The van der Waals surface area contributed by atoms with E-state index in [9.17, 15) is 8.78 Å². The van der Waals surface area contributed by atoms with E-state index >= 15 is 0 Å². The topological polar surface area (TPSA) is 29.3 Å². The molecule has 0 aliphatic heterocycles. The van der Waals surface area contributed by atoms with Crippen LogP contribution in [0.4, 0.5) is 14.5 Å². The summed E-state index contributed by atoms with van der Waals surface area (Å²) in [5, 5.41) is 0. The Morgan fingerprint density at radius 3 is 2.33 bits per heavy atom. The van der Waals surface area contributed by atoms with E-state index in [-0.39, 0.29) is 5.69 Å². The second-order valence-corrected chi connectivity index (χ2v) is 5.75. The number of hydrogen-bond acceptors (Lipinski definition) is 2. The van der Waals surface area contributed by atoms with E-state index in [1.165, 1.54) is 12.1 Å². The molecule has 0 saturated carbocycles. The molecule has 0 spiro atoms. The molecule has 0 aromatic heterocycles. The molecule has 0 amide bonds. The minimum absolute atomic E-state index is 0.0217. The molecule has 2 aromatic rings. The molecule has 0 atom stereocenters. The van der Waals surface area contributed by atoms with Crippen molar-refractivity contribution >= 4 is 21.6 Å². The number of hydrogen-bond donors (Lipinski definition) is 1. The Hall–Kier alpha value is -1.46. The number of rotatable bonds is 5. The van der Waals surface area contributed by atoms with E-state index in [4.69, 9.17) is 5.73 Å². The van der Waals surface area contributed by atoms with Crippen molar-refractivity contribution in [3.63, 3.8) is 0 Å². The van der Waals surface area contributed by atoms with Crippen LogP contribution in [0.25, 0.3) is 0 Å². The fourth-order valence-electron chi connectivity index (χ4n) is 2.25. The Morgan fingerprint density at radius 1 is 1.14 bits per heavy atom. The van der Waals surface area contributed by atoms with E-state index in [0.717, 1.165) is 10.0 Å². The van der Waals surface area contributed by atoms with Crippen LogP contribution in [0.2, 0.25) is 0 Å². The number of nitrogens with zero attached hydrogens (tertiary/aromatic N) is 1. The monoisotopic (exact) mass is 354 g/mol. The molecule has 0 aliphatic carbocycles. The number of nitrogens with two attached hydrogens (primary N) is 1. The van der Waals surface area contributed by atoms with Crippen LogP contribution in [0.1, 0.15) is 11.1 Å². The molecule has 0 heterocycles. The normalized spacial score (nSPS) is 10.7. The van der Waals surface area contributed by atoms with Crippen LogP contribution < -0.4 is 10.6 Å². The van der Waals surface area contributed by atoms with Crippen LogP contribution in [0.5, 0.6) is 0 Å². The van der Waals surface area contributed by atoms with E-state index in [2.05, 4.69) is 15.9 Å². The van der Waals surface area contributed by atoms with Gasteiger partial charge in [0.2, 0.25) is 0 Å². The van der Waals surface area contributed by atoms with Gasteiger partial charge < -0.3 is 10.6 Å². The van der Waals surface area contributed by atoms with Gasteiger partial charge in [-0.25, -0.2) is 8.78 Å². The number of anilines is 1. The summed E-state index contributed by atoms with van der Waals surface area (Å²) in [7, 11) is 1.67. The summed E-state index contributed by atoms with van der Waals surface area (Å²) in [5.74, 6) is -1.12. The fourth-order valence-corrected chi connectivity index (χ4v) is 2.67. The molecule has 5 heteroatoms. The second-order valence-electron chi connectivity index (χ2n) is 4.89. The Balaban J connectivity index is 2.27. The second kappa shape index (κ2) is 7.00. The van der Waals surface area contributed by atoms with Gasteiger partial charge in [-0.3, -0.25) is 0 Å². The SMILES string of the molecule is CN(Cc1ccccc1Br)c1c(F)cc(CCN)cc1F. The lowest BCUT2D eigenvalue weighted by atomic mass is 10.1. The minimum atomic E-state index is -0.562. The van der Waals surface area contributed by atoms with Gasteiger partial charge in [0.1, 0.15) is 17.3 Å². The summed E-state index contributed by atoms with van der Waals surface area (Å²) in [6.07, 6.45) is 0.460. The third kappa shape index (κ3) is 3.80. The molecule has 2 N–H and O–H groups in total. The Bertz CT molecular complexity index is 608.